The molecule has 0 spiro atoms. The maximum absolute atomic E-state index is 5.63. The Bertz CT molecular complexity index is 677. The van der Waals surface area contributed by atoms with E-state index in [2.05, 4.69) is 24.0 Å². The monoisotopic (exact) mass is 235 g/mol. The van der Waals surface area contributed by atoms with Crippen molar-refractivity contribution in [2.75, 3.05) is 0 Å². The fourth-order valence-electron chi connectivity index (χ4n) is 1.90. The van der Waals surface area contributed by atoms with Crippen molar-refractivity contribution >= 4 is 23.3 Å². The van der Waals surface area contributed by atoms with Crippen LogP contribution in [-0.2, 0) is 0 Å². The second-order valence-electron chi connectivity index (χ2n) is 4.21. The highest BCUT2D eigenvalue weighted by molar-refractivity contribution is 5.76. The van der Waals surface area contributed by atoms with E-state index in [0.717, 1.165) is 11.1 Å². The molecule has 0 amide bonds. The summed E-state index contributed by atoms with van der Waals surface area (Å²) in [6.45, 7) is 2.09. The van der Waals surface area contributed by atoms with Gasteiger partial charge >= 0.3 is 0 Å². The van der Waals surface area contributed by atoms with E-state index in [9.17, 15) is 0 Å². The molecule has 88 valence electrons. The van der Waals surface area contributed by atoms with Gasteiger partial charge in [-0.1, -0.05) is 36.4 Å². The van der Waals surface area contributed by atoms with Gasteiger partial charge in [0.25, 0.3) is 0 Å². The summed E-state index contributed by atoms with van der Waals surface area (Å²) in [5.74, 6) is 0.638. The summed E-state index contributed by atoms with van der Waals surface area (Å²) in [6.07, 6.45) is 3.93. The Morgan fingerprint density at radius 2 is 1.72 bits per heavy atom. The van der Waals surface area contributed by atoms with Crippen molar-refractivity contribution in [1.82, 2.24) is 4.98 Å². The highest BCUT2D eigenvalue weighted by Gasteiger charge is 2.01. The van der Waals surface area contributed by atoms with Gasteiger partial charge in [0.2, 0.25) is 5.89 Å². The second-order valence-corrected chi connectivity index (χ2v) is 4.21. The molecule has 0 radical (unpaired) electrons. The van der Waals surface area contributed by atoms with Crippen LogP contribution in [0.5, 0.6) is 0 Å². The van der Waals surface area contributed by atoms with Crippen LogP contribution in [0, 0.1) is 6.92 Å². The van der Waals surface area contributed by atoms with Gasteiger partial charge in [-0.15, -0.1) is 0 Å². The van der Waals surface area contributed by atoms with E-state index in [1.807, 2.05) is 48.6 Å². The quantitative estimate of drug-likeness (QED) is 0.661. The Labute approximate surface area is 106 Å². The summed E-state index contributed by atoms with van der Waals surface area (Å²) in [5, 5.41) is 0. The minimum Gasteiger partial charge on any atom is -0.437 e. The van der Waals surface area contributed by atoms with Crippen LogP contribution in [0.1, 0.15) is 17.0 Å². The van der Waals surface area contributed by atoms with Crippen LogP contribution >= 0.6 is 0 Å². The SMILES string of the molecule is Cc1ccccc1/C=C/c1nc2ccccc2o1. The lowest BCUT2D eigenvalue weighted by atomic mass is 10.1. The van der Waals surface area contributed by atoms with Gasteiger partial charge in [0.1, 0.15) is 5.52 Å². The molecule has 0 saturated heterocycles. The van der Waals surface area contributed by atoms with Crippen LogP contribution in [0.15, 0.2) is 52.9 Å². The fraction of sp³-hybridized carbons (Fsp3) is 0.0625. The van der Waals surface area contributed by atoms with E-state index in [0.29, 0.717) is 5.89 Å². The van der Waals surface area contributed by atoms with Crippen molar-refractivity contribution in [3.8, 4) is 0 Å². The summed E-state index contributed by atoms with van der Waals surface area (Å²) >= 11 is 0. The van der Waals surface area contributed by atoms with Crippen molar-refractivity contribution in [3.05, 3.63) is 65.5 Å². The highest BCUT2D eigenvalue weighted by Crippen LogP contribution is 2.17. The maximum Gasteiger partial charge on any atom is 0.220 e. The first-order valence-electron chi connectivity index (χ1n) is 5.92. The van der Waals surface area contributed by atoms with Crippen molar-refractivity contribution in [1.29, 1.82) is 0 Å². The number of rotatable bonds is 2. The summed E-state index contributed by atoms with van der Waals surface area (Å²) < 4.78 is 5.63. The van der Waals surface area contributed by atoms with Gasteiger partial charge in [-0.25, -0.2) is 4.98 Å². The Hall–Kier alpha value is -2.35. The van der Waals surface area contributed by atoms with Crippen molar-refractivity contribution in [2.45, 2.75) is 6.92 Å². The molecule has 0 aliphatic rings. The molecule has 18 heavy (non-hydrogen) atoms. The molecule has 2 heteroatoms. The molecule has 3 rings (SSSR count). The van der Waals surface area contributed by atoms with Gasteiger partial charge in [0.15, 0.2) is 5.58 Å². The van der Waals surface area contributed by atoms with Gasteiger partial charge in [-0.05, 0) is 36.3 Å². The molecule has 1 heterocycles. The lowest BCUT2D eigenvalue weighted by molar-refractivity contribution is 0.590. The summed E-state index contributed by atoms with van der Waals surface area (Å²) in [7, 11) is 0. The van der Waals surface area contributed by atoms with E-state index < -0.39 is 0 Å². The number of nitrogens with zero attached hydrogens (tertiary/aromatic N) is 1. The van der Waals surface area contributed by atoms with Crippen LogP contribution in [0.25, 0.3) is 23.3 Å². The Kier molecular flexibility index (Phi) is 2.69. The molecule has 3 aromatic rings. The molecule has 2 aromatic carbocycles. The number of para-hydroxylation sites is 2. The number of oxazole rings is 1. The van der Waals surface area contributed by atoms with E-state index in [1.165, 1.54) is 11.1 Å². The molecule has 0 aliphatic heterocycles. The standard InChI is InChI=1S/C16H13NO/c1-12-6-2-3-7-13(12)10-11-16-17-14-8-4-5-9-15(14)18-16/h2-11H,1H3/b11-10+. The van der Waals surface area contributed by atoms with Gasteiger partial charge in [0, 0.05) is 6.08 Å². The minimum absolute atomic E-state index is 0.638. The Balaban J connectivity index is 1.95. The first-order valence-corrected chi connectivity index (χ1v) is 5.92. The third-order valence-electron chi connectivity index (χ3n) is 2.90. The molecule has 0 aliphatic carbocycles. The molecule has 0 fully saturated rings. The molecular weight excluding hydrogens is 222 g/mol. The molecular formula is C16H13NO. The smallest absolute Gasteiger partial charge is 0.220 e. The van der Waals surface area contributed by atoms with Gasteiger partial charge in [-0.3, -0.25) is 0 Å². The topological polar surface area (TPSA) is 26.0 Å². The van der Waals surface area contributed by atoms with Crippen molar-refractivity contribution < 1.29 is 4.42 Å². The van der Waals surface area contributed by atoms with Crippen LogP contribution in [0.2, 0.25) is 0 Å². The molecule has 0 bridgehead atoms. The number of aryl methyl sites for hydroxylation is 1. The fourth-order valence-corrected chi connectivity index (χ4v) is 1.90. The third-order valence-corrected chi connectivity index (χ3v) is 2.90. The number of hydrogen-bond donors (Lipinski definition) is 0. The van der Waals surface area contributed by atoms with Crippen LogP contribution in [0.3, 0.4) is 0 Å². The number of aromatic nitrogens is 1. The van der Waals surface area contributed by atoms with Crippen molar-refractivity contribution in [3.63, 3.8) is 0 Å². The zero-order valence-corrected chi connectivity index (χ0v) is 10.1. The number of hydrogen-bond acceptors (Lipinski definition) is 2. The molecule has 0 atom stereocenters. The average molecular weight is 235 g/mol. The molecule has 0 unspecified atom stereocenters. The lowest BCUT2D eigenvalue weighted by Crippen LogP contribution is -1.78. The van der Waals surface area contributed by atoms with E-state index >= 15 is 0 Å². The molecule has 0 saturated carbocycles. The number of fused-ring (bicyclic) bond motifs is 1. The maximum atomic E-state index is 5.63. The van der Waals surface area contributed by atoms with Gasteiger partial charge in [-0.2, -0.15) is 0 Å². The zero-order valence-electron chi connectivity index (χ0n) is 10.1. The highest BCUT2D eigenvalue weighted by atomic mass is 16.3. The lowest BCUT2D eigenvalue weighted by Gasteiger charge is -1.96. The van der Waals surface area contributed by atoms with Gasteiger partial charge < -0.3 is 4.42 Å². The molecule has 1 aromatic heterocycles. The average Bonchev–Trinajstić information content (AvgIpc) is 2.80. The van der Waals surface area contributed by atoms with E-state index in [1.54, 1.807) is 0 Å². The first-order chi connectivity index (χ1) is 8.83. The molecule has 0 N–H and O–H groups in total. The predicted octanol–water partition coefficient (Wildman–Crippen LogP) is 4.31. The van der Waals surface area contributed by atoms with Crippen molar-refractivity contribution in [2.24, 2.45) is 0 Å². The minimum atomic E-state index is 0.638. The predicted molar refractivity (Wildman–Crippen MR) is 74.1 cm³/mol. The summed E-state index contributed by atoms with van der Waals surface area (Å²) in [6, 6.07) is 16.0. The first kappa shape index (κ1) is 10.8. The Morgan fingerprint density at radius 1 is 0.944 bits per heavy atom. The van der Waals surface area contributed by atoms with E-state index in [-0.39, 0.29) is 0 Å². The Morgan fingerprint density at radius 3 is 2.56 bits per heavy atom. The van der Waals surface area contributed by atoms with E-state index in [4.69, 9.17) is 4.42 Å². The normalized spacial score (nSPS) is 11.4. The van der Waals surface area contributed by atoms with Crippen LogP contribution < -0.4 is 0 Å². The third kappa shape index (κ3) is 2.05. The second kappa shape index (κ2) is 4.49. The zero-order chi connectivity index (χ0) is 12.4. The molecule has 2 nitrogen and oxygen atoms in total. The summed E-state index contributed by atoms with van der Waals surface area (Å²) in [5.41, 5.74) is 4.13. The van der Waals surface area contributed by atoms with Crippen LogP contribution in [-0.4, -0.2) is 4.98 Å². The summed E-state index contributed by atoms with van der Waals surface area (Å²) in [4.78, 5) is 4.40. The largest absolute Gasteiger partial charge is 0.437 e. The van der Waals surface area contributed by atoms with Gasteiger partial charge in [0.05, 0.1) is 0 Å². The number of benzene rings is 2. The van der Waals surface area contributed by atoms with Crippen LogP contribution in [0.4, 0.5) is 0 Å².